The molecule has 1 amide bonds. The van der Waals surface area contributed by atoms with Crippen molar-refractivity contribution in [3.05, 3.63) is 11.3 Å². The summed E-state index contributed by atoms with van der Waals surface area (Å²) >= 11 is 0. The third-order valence-electron chi connectivity index (χ3n) is 5.09. The van der Waals surface area contributed by atoms with E-state index in [2.05, 4.69) is 9.88 Å². The monoisotopic (exact) mass is 407 g/mol. The lowest BCUT2D eigenvalue weighted by molar-refractivity contribution is -0.145. The molecular weight excluding hydrogens is 382 g/mol. The number of amides is 1. The molecule has 11 heteroatoms. The predicted molar refractivity (Wildman–Crippen MR) is 101 cm³/mol. The van der Waals surface area contributed by atoms with Gasteiger partial charge in [-0.05, 0) is 0 Å². The highest BCUT2D eigenvalue weighted by Crippen LogP contribution is 2.32. The quantitative estimate of drug-likeness (QED) is 0.567. The van der Waals surface area contributed by atoms with Crippen molar-refractivity contribution in [2.24, 2.45) is 0 Å². The lowest BCUT2D eigenvalue weighted by Gasteiger charge is -2.31. The average Bonchev–Trinajstić information content (AvgIpc) is 3.08. The van der Waals surface area contributed by atoms with E-state index in [4.69, 9.17) is 24.3 Å². The summed E-state index contributed by atoms with van der Waals surface area (Å²) in [5.74, 6) is 0.354. The first-order valence-corrected chi connectivity index (χ1v) is 9.79. The van der Waals surface area contributed by atoms with Gasteiger partial charge in [-0.15, -0.1) is 0 Å². The van der Waals surface area contributed by atoms with Crippen LogP contribution in [0.3, 0.4) is 0 Å². The van der Waals surface area contributed by atoms with Crippen molar-refractivity contribution in [1.29, 1.82) is 0 Å². The first-order chi connectivity index (χ1) is 14.2. The van der Waals surface area contributed by atoms with Gasteiger partial charge in [0.05, 0.1) is 39.6 Å². The smallest absolute Gasteiger partial charge is 0.325 e. The summed E-state index contributed by atoms with van der Waals surface area (Å²) in [5.41, 5.74) is 1.06. The van der Waals surface area contributed by atoms with E-state index in [1.165, 1.54) is 4.90 Å². The lowest BCUT2D eigenvalue weighted by atomic mass is 10.2. The number of carbonyl (C=O) groups excluding carboxylic acids is 2. The fourth-order valence-corrected chi connectivity index (χ4v) is 3.63. The van der Waals surface area contributed by atoms with E-state index >= 15 is 0 Å². The predicted octanol–water partition coefficient (Wildman–Crippen LogP) is -1.36. The number of anilines is 2. The summed E-state index contributed by atoms with van der Waals surface area (Å²) in [7, 11) is 0. The van der Waals surface area contributed by atoms with Crippen molar-refractivity contribution in [3.63, 3.8) is 0 Å². The van der Waals surface area contributed by atoms with Crippen LogP contribution < -0.4 is 9.80 Å². The molecule has 1 aromatic heterocycles. The van der Waals surface area contributed by atoms with Gasteiger partial charge in [0, 0.05) is 31.7 Å². The van der Waals surface area contributed by atoms with Crippen molar-refractivity contribution in [2.75, 3.05) is 82.2 Å². The van der Waals surface area contributed by atoms with Gasteiger partial charge in [-0.3, -0.25) is 9.59 Å². The van der Waals surface area contributed by atoms with E-state index in [0.29, 0.717) is 64.2 Å². The molecule has 3 aliphatic rings. The molecule has 0 aromatic carbocycles. The zero-order valence-electron chi connectivity index (χ0n) is 16.2. The number of aromatic nitrogens is 2. The van der Waals surface area contributed by atoms with E-state index in [-0.39, 0.29) is 32.2 Å². The Hall–Kier alpha value is -2.50. The van der Waals surface area contributed by atoms with E-state index < -0.39 is 5.97 Å². The Kier molecular flexibility index (Phi) is 6.07. The lowest BCUT2D eigenvalue weighted by Crippen LogP contribution is -2.40. The maximum Gasteiger partial charge on any atom is 0.325 e. The fraction of sp³-hybridized carbons (Fsp3) is 0.667. The van der Waals surface area contributed by atoms with Gasteiger partial charge in [-0.25, -0.2) is 4.98 Å². The summed E-state index contributed by atoms with van der Waals surface area (Å²) < 4.78 is 15.8. The Morgan fingerprint density at radius 3 is 2.34 bits per heavy atom. The van der Waals surface area contributed by atoms with Crippen LogP contribution in [0, 0.1) is 0 Å². The number of ether oxygens (including phenoxy) is 3. The van der Waals surface area contributed by atoms with E-state index in [1.54, 1.807) is 0 Å². The SMILES string of the molecule is O=C(CN1Cc2c(nc(N3CCOCC3)nc2N2CCOCC2)C1=O)OCCO. The zero-order valence-corrected chi connectivity index (χ0v) is 16.2. The normalized spacial score (nSPS) is 19.5. The third kappa shape index (κ3) is 4.26. The average molecular weight is 407 g/mol. The van der Waals surface area contributed by atoms with Gasteiger partial charge >= 0.3 is 5.97 Å². The van der Waals surface area contributed by atoms with Crippen LogP contribution >= 0.6 is 0 Å². The molecule has 3 aliphatic heterocycles. The Morgan fingerprint density at radius 1 is 1.03 bits per heavy atom. The molecule has 4 rings (SSSR count). The van der Waals surface area contributed by atoms with E-state index in [1.807, 2.05) is 4.90 Å². The maximum atomic E-state index is 13.0. The summed E-state index contributed by atoms with van der Waals surface area (Å²) in [5, 5.41) is 8.80. The summed E-state index contributed by atoms with van der Waals surface area (Å²) in [6, 6.07) is 0. The molecular formula is C18H25N5O6. The van der Waals surface area contributed by atoms with E-state index in [0.717, 1.165) is 11.4 Å². The molecule has 2 saturated heterocycles. The topological polar surface area (TPSA) is 118 Å². The van der Waals surface area contributed by atoms with Crippen LogP contribution in [-0.4, -0.2) is 104 Å². The molecule has 0 aliphatic carbocycles. The van der Waals surface area contributed by atoms with Crippen molar-refractivity contribution in [3.8, 4) is 0 Å². The molecule has 0 radical (unpaired) electrons. The Labute approximate surface area is 168 Å². The molecule has 4 heterocycles. The summed E-state index contributed by atoms with van der Waals surface area (Å²) in [4.78, 5) is 39.8. The molecule has 0 bridgehead atoms. The molecule has 1 aromatic rings. The molecule has 0 spiro atoms. The van der Waals surface area contributed by atoms with Gasteiger partial charge in [0.15, 0.2) is 0 Å². The van der Waals surface area contributed by atoms with Crippen LogP contribution in [-0.2, 0) is 25.5 Å². The van der Waals surface area contributed by atoms with Crippen LogP contribution in [0.1, 0.15) is 16.1 Å². The Bertz CT molecular complexity index is 763. The molecule has 0 saturated carbocycles. The van der Waals surface area contributed by atoms with Crippen LogP contribution in [0.5, 0.6) is 0 Å². The highest BCUT2D eigenvalue weighted by molar-refractivity contribution is 5.99. The minimum atomic E-state index is -0.561. The largest absolute Gasteiger partial charge is 0.462 e. The second-order valence-corrected chi connectivity index (χ2v) is 6.98. The summed E-state index contributed by atoms with van der Waals surface area (Å²) in [6.45, 7) is 4.76. The zero-order chi connectivity index (χ0) is 20.2. The number of carbonyl (C=O) groups is 2. The van der Waals surface area contributed by atoms with Gasteiger partial charge in [0.25, 0.3) is 5.91 Å². The van der Waals surface area contributed by atoms with Crippen molar-refractivity contribution < 1.29 is 28.9 Å². The molecule has 158 valence electrons. The number of fused-ring (bicyclic) bond motifs is 1. The second-order valence-electron chi connectivity index (χ2n) is 6.98. The first kappa shape index (κ1) is 19.8. The van der Waals surface area contributed by atoms with E-state index in [9.17, 15) is 9.59 Å². The standard InChI is InChI=1S/C18H25N5O6/c24-5-10-29-14(25)12-23-11-13-15(17(23)26)19-18(22-3-8-28-9-4-22)20-16(13)21-1-6-27-7-2-21/h24H,1-12H2. The highest BCUT2D eigenvalue weighted by Gasteiger charge is 2.36. The van der Waals surface area contributed by atoms with Gasteiger partial charge in [-0.2, -0.15) is 4.98 Å². The number of aliphatic hydroxyl groups excluding tert-OH is 1. The van der Waals surface area contributed by atoms with Crippen LogP contribution in [0.25, 0.3) is 0 Å². The van der Waals surface area contributed by atoms with Gasteiger partial charge < -0.3 is 34.0 Å². The third-order valence-corrected chi connectivity index (χ3v) is 5.09. The van der Waals surface area contributed by atoms with Crippen LogP contribution in [0.2, 0.25) is 0 Å². The van der Waals surface area contributed by atoms with Crippen molar-refractivity contribution in [2.45, 2.75) is 6.54 Å². The number of aliphatic hydroxyl groups is 1. The molecule has 1 N–H and O–H groups in total. The summed E-state index contributed by atoms with van der Waals surface area (Å²) in [6.07, 6.45) is 0. The van der Waals surface area contributed by atoms with Crippen LogP contribution in [0.4, 0.5) is 11.8 Å². The fourth-order valence-electron chi connectivity index (χ4n) is 3.63. The maximum absolute atomic E-state index is 13.0. The number of morpholine rings is 2. The number of nitrogens with zero attached hydrogens (tertiary/aromatic N) is 5. The van der Waals surface area contributed by atoms with Gasteiger partial charge in [-0.1, -0.05) is 0 Å². The van der Waals surface area contributed by atoms with Gasteiger partial charge in [0.1, 0.15) is 24.7 Å². The molecule has 0 unspecified atom stereocenters. The molecule has 2 fully saturated rings. The minimum Gasteiger partial charge on any atom is -0.462 e. The number of esters is 1. The second kappa shape index (κ2) is 8.89. The number of hydrogen-bond acceptors (Lipinski definition) is 10. The van der Waals surface area contributed by atoms with Crippen molar-refractivity contribution in [1.82, 2.24) is 14.9 Å². The number of hydrogen-bond donors (Lipinski definition) is 1. The minimum absolute atomic E-state index is 0.0895. The molecule has 0 atom stereocenters. The Morgan fingerprint density at radius 2 is 1.69 bits per heavy atom. The van der Waals surface area contributed by atoms with Crippen LogP contribution in [0.15, 0.2) is 0 Å². The van der Waals surface area contributed by atoms with Gasteiger partial charge in [0.2, 0.25) is 5.95 Å². The first-order valence-electron chi connectivity index (χ1n) is 9.79. The van der Waals surface area contributed by atoms with Crippen molar-refractivity contribution >= 4 is 23.6 Å². The molecule has 11 nitrogen and oxygen atoms in total. The number of rotatable bonds is 6. The highest BCUT2D eigenvalue weighted by atomic mass is 16.5. The molecule has 29 heavy (non-hydrogen) atoms. The Balaban J connectivity index is 1.62.